The molecule has 2 aromatic heterocycles. The van der Waals surface area contributed by atoms with Crippen molar-refractivity contribution >= 4 is 17.7 Å². The first kappa shape index (κ1) is 22.0. The van der Waals surface area contributed by atoms with Gasteiger partial charge in [-0.3, -0.25) is 4.79 Å². The predicted octanol–water partition coefficient (Wildman–Crippen LogP) is 3.18. The minimum atomic E-state index is -0.280. The minimum absolute atomic E-state index is 0.0211. The number of nitrogens with zero attached hydrogens (tertiary/aromatic N) is 5. The standard InChI is InChI=1S/C22H28N6OS/c1-15-13-16(2)28(26-15)20-11-12-21(25-24-20)30-17(3)22(29)23-14-19(27(4)5)18-9-7-6-8-10-18/h6-13,17,19H,14H2,1-5H3,(H,23,29). The third-order valence-electron chi connectivity index (χ3n) is 4.80. The van der Waals surface area contributed by atoms with E-state index in [1.54, 1.807) is 4.68 Å². The Hall–Kier alpha value is -2.71. The Labute approximate surface area is 181 Å². The van der Waals surface area contributed by atoms with Crippen molar-refractivity contribution in [2.45, 2.75) is 37.1 Å². The number of benzene rings is 1. The Morgan fingerprint density at radius 3 is 2.43 bits per heavy atom. The second-order valence-corrected chi connectivity index (χ2v) is 8.83. The summed E-state index contributed by atoms with van der Waals surface area (Å²) in [4.78, 5) is 14.7. The smallest absolute Gasteiger partial charge is 0.233 e. The molecule has 1 aromatic carbocycles. The number of aryl methyl sites for hydroxylation is 2. The second kappa shape index (κ2) is 9.86. The van der Waals surface area contributed by atoms with Crippen molar-refractivity contribution in [1.29, 1.82) is 0 Å². The minimum Gasteiger partial charge on any atom is -0.353 e. The lowest BCUT2D eigenvalue weighted by Crippen LogP contribution is -2.38. The monoisotopic (exact) mass is 424 g/mol. The summed E-state index contributed by atoms with van der Waals surface area (Å²) in [5.74, 6) is 0.644. The fourth-order valence-corrected chi connectivity index (χ4v) is 3.99. The molecule has 0 saturated heterocycles. The molecular weight excluding hydrogens is 396 g/mol. The average molecular weight is 425 g/mol. The number of carbonyl (C=O) groups excluding carboxylic acids is 1. The van der Waals surface area contributed by atoms with E-state index in [1.165, 1.54) is 17.3 Å². The predicted molar refractivity (Wildman–Crippen MR) is 120 cm³/mol. The lowest BCUT2D eigenvalue weighted by Gasteiger charge is -2.25. The van der Waals surface area contributed by atoms with Crippen molar-refractivity contribution in [3.63, 3.8) is 0 Å². The summed E-state index contributed by atoms with van der Waals surface area (Å²) >= 11 is 1.39. The van der Waals surface area contributed by atoms with E-state index in [-0.39, 0.29) is 17.2 Å². The molecule has 7 nitrogen and oxygen atoms in total. The van der Waals surface area contributed by atoms with Gasteiger partial charge in [0.15, 0.2) is 5.82 Å². The molecule has 158 valence electrons. The normalized spacial score (nSPS) is 13.3. The first-order chi connectivity index (χ1) is 14.3. The summed E-state index contributed by atoms with van der Waals surface area (Å²) in [7, 11) is 4.03. The van der Waals surface area contributed by atoms with E-state index in [0.717, 1.165) is 11.4 Å². The van der Waals surface area contributed by atoms with Gasteiger partial charge in [-0.1, -0.05) is 42.1 Å². The maximum absolute atomic E-state index is 12.6. The Kier molecular flexibility index (Phi) is 7.23. The number of likely N-dealkylation sites (N-methyl/N-ethyl adjacent to an activating group) is 1. The Morgan fingerprint density at radius 2 is 1.87 bits per heavy atom. The van der Waals surface area contributed by atoms with E-state index >= 15 is 0 Å². The van der Waals surface area contributed by atoms with Crippen molar-refractivity contribution in [2.24, 2.45) is 0 Å². The quantitative estimate of drug-likeness (QED) is 0.560. The Morgan fingerprint density at radius 1 is 1.13 bits per heavy atom. The number of thioether (sulfide) groups is 1. The topological polar surface area (TPSA) is 75.9 Å². The van der Waals surface area contributed by atoms with Gasteiger partial charge >= 0.3 is 0 Å². The van der Waals surface area contributed by atoms with E-state index in [2.05, 4.69) is 37.6 Å². The van der Waals surface area contributed by atoms with Gasteiger partial charge in [0.25, 0.3) is 0 Å². The molecule has 0 bridgehead atoms. The zero-order chi connectivity index (χ0) is 21.7. The van der Waals surface area contributed by atoms with E-state index in [0.29, 0.717) is 17.4 Å². The maximum Gasteiger partial charge on any atom is 0.233 e. The summed E-state index contributed by atoms with van der Waals surface area (Å²) in [6.45, 7) is 6.35. The van der Waals surface area contributed by atoms with Gasteiger partial charge in [-0.25, -0.2) is 4.68 Å². The number of amides is 1. The summed E-state index contributed by atoms with van der Waals surface area (Å²) in [6.07, 6.45) is 0. The van der Waals surface area contributed by atoms with Crippen molar-refractivity contribution in [3.05, 3.63) is 65.5 Å². The molecular formula is C22H28N6OS. The molecule has 0 aliphatic rings. The largest absolute Gasteiger partial charge is 0.353 e. The molecule has 3 aromatic rings. The number of rotatable bonds is 8. The molecule has 2 atom stereocenters. The average Bonchev–Trinajstić information content (AvgIpc) is 3.07. The van der Waals surface area contributed by atoms with Crippen LogP contribution in [0.15, 0.2) is 53.6 Å². The highest BCUT2D eigenvalue weighted by Gasteiger charge is 2.19. The Balaban J connectivity index is 1.58. The van der Waals surface area contributed by atoms with Crippen LogP contribution in [0, 0.1) is 13.8 Å². The lowest BCUT2D eigenvalue weighted by molar-refractivity contribution is -0.120. The number of carbonyl (C=O) groups is 1. The van der Waals surface area contributed by atoms with E-state index in [1.807, 2.05) is 71.3 Å². The van der Waals surface area contributed by atoms with Crippen LogP contribution in [0.1, 0.15) is 29.9 Å². The van der Waals surface area contributed by atoms with Crippen LogP contribution in [-0.4, -0.2) is 56.7 Å². The fourth-order valence-electron chi connectivity index (χ4n) is 3.20. The van der Waals surface area contributed by atoms with Crippen LogP contribution in [0.4, 0.5) is 0 Å². The van der Waals surface area contributed by atoms with Crippen molar-refractivity contribution < 1.29 is 4.79 Å². The van der Waals surface area contributed by atoms with Gasteiger partial charge < -0.3 is 10.2 Å². The third-order valence-corrected chi connectivity index (χ3v) is 5.82. The highest BCUT2D eigenvalue weighted by molar-refractivity contribution is 8.00. The van der Waals surface area contributed by atoms with Gasteiger partial charge in [-0.05, 0) is 58.6 Å². The number of nitrogens with one attached hydrogen (secondary N) is 1. The van der Waals surface area contributed by atoms with Crippen LogP contribution in [0.3, 0.4) is 0 Å². The van der Waals surface area contributed by atoms with Crippen LogP contribution in [0.5, 0.6) is 0 Å². The van der Waals surface area contributed by atoms with E-state index < -0.39 is 0 Å². The van der Waals surface area contributed by atoms with Crippen LogP contribution >= 0.6 is 11.8 Å². The van der Waals surface area contributed by atoms with E-state index in [9.17, 15) is 4.79 Å². The fraction of sp³-hybridized carbons (Fsp3) is 0.364. The van der Waals surface area contributed by atoms with Crippen LogP contribution in [0.25, 0.3) is 5.82 Å². The van der Waals surface area contributed by atoms with Crippen LogP contribution in [-0.2, 0) is 4.79 Å². The molecule has 0 fully saturated rings. The van der Waals surface area contributed by atoms with E-state index in [4.69, 9.17) is 0 Å². The molecule has 30 heavy (non-hydrogen) atoms. The van der Waals surface area contributed by atoms with Crippen molar-refractivity contribution in [3.8, 4) is 5.82 Å². The van der Waals surface area contributed by atoms with Gasteiger partial charge in [0.2, 0.25) is 5.91 Å². The highest BCUT2D eigenvalue weighted by atomic mass is 32.2. The lowest BCUT2D eigenvalue weighted by atomic mass is 10.1. The van der Waals surface area contributed by atoms with Gasteiger partial charge in [0.1, 0.15) is 5.03 Å². The molecule has 0 aliphatic heterocycles. The second-order valence-electron chi connectivity index (χ2n) is 7.46. The first-order valence-electron chi connectivity index (χ1n) is 9.88. The van der Waals surface area contributed by atoms with Gasteiger partial charge in [-0.15, -0.1) is 10.2 Å². The SMILES string of the molecule is Cc1cc(C)n(-c2ccc(SC(C)C(=O)NCC(c3ccccc3)N(C)C)nn2)n1. The first-order valence-corrected chi connectivity index (χ1v) is 10.8. The van der Waals surface area contributed by atoms with Gasteiger partial charge in [-0.2, -0.15) is 5.10 Å². The summed E-state index contributed by atoms with van der Waals surface area (Å²) < 4.78 is 1.76. The Bertz CT molecular complexity index is 971. The molecule has 1 amide bonds. The molecule has 0 radical (unpaired) electrons. The molecule has 0 aliphatic carbocycles. The van der Waals surface area contributed by atoms with Crippen LogP contribution in [0.2, 0.25) is 0 Å². The molecule has 2 heterocycles. The molecule has 0 spiro atoms. The van der Waals surface area contributed by atoms with Crippen LogP contribution < -0.4 is 5.32 Å². The number of hydrogen-bond donors (Lipinski definition) is 1. The molecule has 2 unspecified atom stereocenters. The number of aromatic nitrogens is 4. The van der Waals surface area contributed by atoms with Crippen molar-refractivity contribution in [2.75, 3.05) is 20.6 Å². The summed E-state index contributed by atoms with van der Waals surface area (Å²) in [5.41, 5.74) is 3.11. The molecule has 3 rings (SSSR count). The zero-order valence-corrected chi connectivity index (χ0v) is 18.8. The molecule has 0 saturated carbocycles. The number of hydrogen-bond acceptors (Lipinski definition) is 6. The van der Waals surface area contributed by atoms with Gasteiger partial charge in [0.05, 0.1) is 17.0 Å². The maximum atomic E-state index is 12.6. The highest BCUT2D eigenvalue weighted by Crippen LogP contribution is 2.22. The molecule has 8 heteroatoms. The summed E-state index contributed by atoms with van der Waals surface area (Å²) in [5, 5.41) is 16.4. The summed E-state index contributed by atoms with van der Waals surface area (Å²) in [6, 6.07) is 16.0. The van der Waals surface area contributed by atoms with Crippen molar-refractivity contribution in [1.82, 2.24) is 30.2 Å². The molecule has 1 N–H and O–H groups in total. The zero-order valence-electron chi connectivity index (χ0n) is 18.0. The van der Waals surface area contributed by atoms with Gasteiger partial charge in [0, 0.05) is 12.2 Å². The third kappa shape index (κ3) is 5.46.